The molecule has 2 rings (SSSR count). The van der Waals surface area contributed by atoms with Crippen molar-refractivity contribution in [2.45, 2.75) is 19.0 Å². The van der Waals surface area contributed by atoms with Crippen molar-refractivity contribution >= 4 is 11.8 Å². The predicted molar refractivity (Wildman–Crippen MR) is 63.4 cm³/mol. The average molecular weight is 290 g/mol. The number of nitrogens with one attached hydrogen (secondary N) is 1. The summed E-state index contributed by atoms with van der Waals surface area (Å²) in [6.07, 6.45) is -3.14. The van der Waals surface area contributed by atoms with Gasteiger partial charge in [0.1, 0.15) is 17.1 Å². The van der Waals surface area contributed by atoms with Crippen LogP contribution in [0.15, 0.2) is 12.1 Å². The van der Waals surface area contributed by atoms with Gasteiger partial charge in [-0.15, -0.1) is 0 Å². The smallest absolute Gasteiger partial charge is 0.433 e. The molecule has 8 heteroatoms. The maximum absolute atomic E-state index is 12.6. The molecule has 0 spiro atoms. The topological polar surface area (TPSA) is 82.5 Å². The molecule has 0 radical (unpaired) electrons. The van der Waals surface area contributed by atoms with E-state index in [1.165, 1.54) is 0 Å². The van der Waals surface area contributed by atoms with Gasteiger partial charge in [0.25, 0.3) is 0 Å². The largest absolute Gasteiger partial charge is 0.478 e. The first-order valence-corrected chi connectivity index (χ1v) is 5.94. The highest BCUT2D eigenvalue weighted by atomic mass is 19.4. The number of hydrogen-bond donors (Lipinski definition) is 3. The number of rotatable bonds is 5. The highest BCUT2D eigenvalue weighted by Crippen LogP contribution is 2.45. The number of aromatic nitrogens is 1. The SMILES string of the molecule is O=C(O)c1ccc(C(F)(F)F)nc1NCC1(CO)CC1. The van der Waals surface area contributed by atoms with Crippen LogP contribution in [-0.4, -0.2) is 34.3 Å². The highest BCUT2D eigenvalue weighted by molar-refractivity contribution is 5.93. The summed E-state index contributed by atoms with van der Waals surface area (Å²) in [4.78, 5) is 14.3. The molecule has 0 unspecified atom stereocenters. The van der Waals surface area contributed by atoms with Crippen molar-refractivity contribution in [3.63, 3.8) is 0 Å². The normalized spacial score (nSPS) is 16.8. The monoisotopic (exact) mass is 290 g/mol. The lowest BCUT2D eigenvalue weighted by molar-refractivity contribution is -0.141. The Kier molecular flexibility index (Phi) is 3.59. The van der Waals surface area contributed by atoms with Crippen LogP contribution in [0, 0.1) is 5.41 Å². The Morgan fingerprint density at radius 2 is 2.05 bits per heavy atom. The summed E-state index contributed by atoms with van der Waals surface area (Å²) in [5, 5.41) is 20.7. The third kappa shape index (κ3) is 3.01. The van der Waals surface area contributed by atoms with E-state index in [2.05, 4.69) is 10.3 Å². The van der Waals surface area contributed by atoms with E-state index < -0.39 is 17.8 Å². The molecule has 1 heterocycles. The fourth-order valence-electron chi connectivity index (χ4n) is 1.76. The molecule has 0 aromatic carbocycles. The minimum Gasteiger partial charge on any atom is -0.478 e. The number of halogens is 3. The van der Waals surface area contributed by atoms with Gasteiger partial charge in [-0.3, -0.25) is 0 Å². The van der Waals surface area contributed by atoms with Crippen molar-refractivity contribution in [3.8, 4) is 0 Å². The lowest BCUT2D eigenvalue weighted by Gasteiger charge is -2.16. The molecule has 3 N–H and O–H groups in total. The zero-order valence-corrected chi connectivity index (χ0v) is 10.4. The van der Waals surface area contributed by atoms with Gasteiger partial charge >= 0.3 is 12.1 Å². The van der Waals surface area contributed by atoms with Crippen molar-refractivity contribution in [2.24, 2.45) is 5.41 Å². The quantitative estimate of drug-likeness (QED) is 0.772. The molecule has 1 fully saturated rings. The number of carboxylic acids is 1. The molecule has 0 bridgehead atoms. The van der Waals surface area contributed by atoms with E-state index in [1.807, 2.05) is 0 Å². The molecule has 0 atom stereocenters. The third-order valence-corrected chi connectivity index (χ3v) is 3.34. The fraction of sp³-hybridized carbons (Fsp3) is 0.500. The molecule has 1 aliphatic rings. The zero-order valence-electron chi connectivity index (χ0n) is 10.4. The minimum absolute atomic E-state index is 0.0959. The molecule has 1 saturated carbocycles. The summed E-state index contributed by atoms with van der Waals surface area (Å²) in [5.41, 5.74) is -1.85. The van der Waals surface area contributed by atoms with Crippen molar-refractivity contribution < 1.29 is 28.2 Å². The number of anilines is 1. The Bertz CT molecular complexity index is 527. The molecular formula is C12H13F3N2O3. The lowest BCUT2D eigenvalue weighted by Crippen LogP contribution is -2.22. The number of aliphatic hydroxyl groups excluding tert-OH is 1. The highest BCUT2D eigenvalue weighted by Gasteiger charge is 2.42. The second kappa shape index (κ2) is 4.93. The number of nitrogens with zero attached hydrogens (tertiary/aromatic N) is 1. The Morgan fingerprint density at radius 1 is 1.40 bits per heavy atom. The van der Waals surface area contributed by atoms with Gasteiger partial charge in [-0.1, -0.05) is 0 Å². The van der Waals surface area contributed by atoms with Gasteiger partial charge in [-0.05, 0) is 25.0 Å². The van der Waals surface area contributed by atoms with Crippen molar-refractivity contribution in [1.29, 1.82) is 0 Å². The number of hydrogen-bond acceptors (Lipinski definition) is 4. The molecule has 1 aromatic rings. The maximum Gasteiger partial charge on any atom is 0.433 e. The fourth-order valence-corrected chi connectivity index (χ4v) is 1.76. The summed E-state index contributed by atoms with van der Waals surface area (Å²) >= 11 is 0. The Hall–Kier alpha value is -1.83. The minimum atomic E-state index is -4.64. The van der Waals surface area contributed by atoms with Crippen LogP contribution >= 0.6 is 0 Å². The van der Waals surface area contributed by atoms with Gasteiger partial charge in [-0.2, -0.15) is 13.2 Å². The van der Waals surface area contributed by atoms with E-state index in [0.717, 1.165) is 18.9 Å². The van der Waals surface area contributed by atoms with Crippen LogP contribution in [0.3, 0.4) is 0 Å². The molecule has 110 valence electrons. The van der Waals surface area contributed by atoms with Crippen molar-refractivity contribution in [2.75, 3.05) is 18.5 Å². The molecule has 5 nitrogen and oxygen atoms in total. The van der Waals surface area contributed by atoms with Gasteiger partial charge in [-0.25, -0.2) is 9.78 Å². The zero-order chi connectivity index (χ0) is 15.0. The van der Waals surface area contributed by atoms with Crippen molar-refractivity contribution in [1.82, 2.24) is 4.98 Å². The van der Waals surface area contributed by atoms with E-state index in [-0.39, 0.29) is 29.9 Å². The number of alkyl halides is 3. The van der Waals surface area contributed by atoms with Crippen LogP contribution in [-0.2, 0) is 6.18 Å². The third-order valence-electron chi connectivity index (χ3n) is 3.34. The predicted octanol–water partition coefficient (Wildman–Crippen LogP) is 1.98. The standard InChI is InChI=1S/C12H13F3N2O3/c13-12(14,15)8-2-1-7(10(19)20)9(17-8)16-5-11(6-18)3-4-11/h1-2,18H,3-6H2,(H,16,17)(H,19,20). The molecule has 0 aliphatic heterocycles. The number of aromatic carboxylic acids is 1. The van der Waals surface area contributed by atoms with Gasteiger partial charge < -0.3 is 15.5 Å². The van der Waals surface area contributed by atoms with E-state index >= 15 is 0 Å². The van der Waals surface area contributed by atoms with Crippen LogP contribution in [0.2, 0.25) is 0 Å². The molecule has 0 saturated heterocycles. The first-order chi connectivity index (χ1) is 9.27. The second-order valence-electron chi connectivity index (χ2n) is 4.91. The molecule has 20 heavy (non-hydrogen) atoms. The first-order valence-electron chi connectivity index (χ1n) is 5.94. The number of aliphatic hydroxyl groups is 1. The van der Waals surface area contributed by atoms with Crippen LogP contribution < -0.4 is 5.32 Å². The van der Waals surface area contributed by atoms with Crippen LogP contribution in [0.4, 0.5) is 19.0 Å². The molecular weight excluding hydrogens is 277 g/mol. The summed E-state index contributed by atoms with van der Waals surface area (Å²) in [6, 6.07) is 1.51. The summed E-state index contributed by atoms with van der Waals surface area (Å²) < 4.78 is 37.7. The summed E-state index contributed by atoms with van der Waals surface area (Å²) in [7, 11) is 0. The second-order valence-corrected chi connectivity index (χ2v) is 4.91. The summed E-state index contributed by atoms with van der Waals surface area (Å²) in [5.74, 6) is -1.69. The average Bonchev–Trinajstić information content (AvgIpc) is 3.15. The first kappa shape index (κ1) is 14.6. The van der Waals surface area contributed by atoms with Gasteiger partial charge in [0.05, 0.1) is 6.61 Å². The van der Waals surface area contributed by atoms with Crippen LogP contribution in [0.1, 0.15) is 28.9 Å². The van der Waals surface area contributed by atoms with E-state index in [4.69, 9.17) is 10.2 Å². The van der Waals surface area contributed by atoms with E-state index in [0.29, 0.717) is 6.07 Å². The maximum atomic E-state index is 12.6. The van der Waals surface area contributed by atoms with Gasteiger partial charge in [0.15, 0.2) is 0 Å². The molecule has 0 amide bonds. The Balaban J connectivity index is 2.25. The van der Waals surface area contributed by atoms with Crippen LogP contribution in [0.25, 0.3) is 0 Å². The molecule has 1 aliphatic carbocycles. The van der Waals surface area contributed by atoms with Gasteiger partial charge in [0, 0.05) is 12.0 Å². The summed E-state index contributed by atoms with van der Waals surface area (Å²) in [6.45, 7) is 0.0967. The van der Waals surface area contributed by atoms with Gasteiger partial charge in [0.2, 0.25) is 0 Å². The van der Waals surface area contributed by atoms with Crippen molar-refractivity contribution in [3.05, 3.63) is 23.4 Å². The Labute approximate surface area is 112 Å². The number of pyridine rings is 1. The molecule has 1 aromatic heterocycles. The van der Waals surface area contributed by atoms with E-state index in [1.54, 1.807) is 0 Å². The Morgan fingerprint density at radius 3 is 2.50 bits per heavy atom. The number of carboxylic acid groups (broad SMARTS) is 1. The number of carbonyl (C=O) groups is 1. The van der Waals surface area contributed by atoms with E-state index in [9.17, 15) is 18.0 Å². The lowest BCUT2D eigenvalue weighted by atomic mass is 10.1. The van der Waals surface area contributed by atoms with Crippen LogP contribution in [0.5, 0.6) is 0 Å².